The molecule has 142 valence electrons. The number of halogens is 1. The quantitative estimate of drug-likeness (QED) is 0.249. The number of rotatable bonds is 6. The average Bonchev–Trinajstić information content (AvgIpc) is 3.09. The molecule has 1 saturated heterocycles. The second-order valence-electron chi connectivity index (χ2n) is 6.00. The Hall–Kier alpha value is -1.98. The van der Waals surface area contributed by atoms with Gasteiger partial charge in [-0.15, -0.1) is 11.6 Å². The topological polar surface area (TPSA) is 134 Å². The van der Waals surface area contributed by atoms with Crippen LogP contribution in [0, 0.1) is 0 Å². The fourth-order valence-corrected chi connectivity index (χ4v) is 3.33. The Morgan fingerprint density at radius 1 is 1.54 bits per heavy atom. The third-order valence-corrected chi connectivity index (χ3v) is 4.71. The van der Waals surface area contributed by atoms with Gasteiger partial charge >= 0.3 is 0 Å². The van der Waals surface area contributed by atoms with E-state index in [2.05, 4.69) is 20.6 Å². The summed E-state index contributed by atoms with van der Waals surface area (Å²) in [7, 11) is 0. The van der Waals surface area contributed by atoms with Gasteiger partial charge in [0.2, 0.25) is 0 Å². The van der Waals surface area contributed by atoms with Crippen molar-refractivity contribution in [1.29, 1.82) is 0 Å². The van der Waals surface area contributed by atoms with Crippen molar-refractivity contribution >= 4 is 34.7 Å². The summed E-state index contributed by atoms with van der Waals surface area (Å²) in [6, 6.07) is 0. The Labute approximate surface area is 154 Å². The van der Waals surface area contributed by atoms with Crippen LogP contribution in [0.5, 0.6) is 0 Å². The molecule has 2 aromatic rings. The van der Waals surface area contributed by atoms with Crippen LogP contribution in [0.1, 0.15) is 25.6 Å². The van der Waals surface area contributed by atoms with Crippen LogP contribution in [0.3, 0.4) is 0 Å². The molecular formula is C15H20ClN5O5. The van der Waals surface area contributed by atoms with Crippen molar-refractivity contribution < 1.29 is 25.0 Å². The molecule has 10 nitrogen and oxygen atoms in total. The molecule has 3 heterocycles. The van der Waals surface area contributed by atoms with E-state index in [0.29, 0.717) is 29.0 Å². The van der Waals surface area contributed by atoms with Gasteiger partial charge in [0.05, 0.1) is 24.8 Å². The van der Waals surface area contributed by atoms with E-state index >= 15 is 0 Å². The van der Waals surface area contributed by atoms with E-state index < -0.39 is 23.3 Å². The van der Waals surface area contributed by atoms with Crippen LogP contribution in [-0.2, 0) is 9.57 Å². The monoisotopic (exact) mass is 385 g/mol. The number of nitrogens with zero attached hydrogens (tertiary/aromatic N) is 4. The maximum Gasteiger partial charge on any atom is 0.163 e. The van der Waals surface area contributed by atoms with E-state index in [4.69, 9.17) is 26.4 Å². The molecule has 0 aromatic carbocycles. The number of aliphatic hydroxyl groups is 2. The van der Waals surface area contributed by atoms with Gasteiger partial charge in [-0.05, 0) is 13.8 Å². The Morgan fingerprint density at radius 2 is 2.31 bits per heavy atom. The molecule has 0 bridgehead atoms. The third kappa shape index (κ3) is 2.99. The highest BCUT2D eigenvalue weighted by atomic mass is 35.5. The van der Waals surface area contributed by atoms with Gasteiger partial charge in [-0.25, -0.2) is 15.4 Å². The maximum atomic E-state index is 10.3. The molecule has 0 saturated carbocycles. The number of aliphatic hydroxyl groups excluding tert-OH is 2. The van der Waals surface area contributed by atoms with E-state index in [9.17, 15) is 10.2 Å². The lowest BCUT2D eigenvalue weighted by Gasteiger charge is -2.26. The number of ether oxygens (including phenoxy) is 1. The molecule has 1 aliphatic rings. The number of hydrogen-bond acceptors (Lipinski definition) is 9. The van der Waals surface area contributed by atoms with Crippen LogP contribution < -0.4 is 5.48 Å². The molecule has 0 spiro atoms. The van der Waals surface area contributed by atoms with E-state index in [-0.39, 0.29) is 6.61 Å². The Bertz CT molecular complexity index is 811. The summed E-state index contributed by atoms with van der Waals surface area (Å²) in [6.07, 6.45) is 1.43. The van der Waals surface area contributed by atoms with Gasteiger partial charge in [0.1, 0.15) is 29.1 Å². The van der Waals surface area contributed by atoms with Gasteiger partial charge in [-0.3, -0.25) is 4.84 Å². The normalized spacial score (nSPS) is 29.0. The van der Waals surface area contributed by atoms with Crippen molar-refractivity contribution in [3.63, 3.8) is 0 Å². The predicted octanol–water partition coefficient (Wildman–Crippen LogP) is 0.851. The number of anilines is 1. The van der Waals surface area contributed by atoms with Crippen molar-refractivity contribution in [2.75, 3.05) is 18.7 Å². The number of aromatic nitrogens is 3. The zero-order valence-corrected chi connectivity index (χ0v) is 15.0. The number of alkyl halides is 1. The van der Waals surface area contributed by atoms with Crippen molar-refractivity contribution in [2.24, 2.45) is 5.16 Å². The molecule has 1 aliphatic heterocycles. The SMILES string of the molecule is CCONc1ncnc2c1c(/C=N\O)cn2[C@@H]1OC(CO)C(O)[C@@]1(C)Cl. The van der Waals surface area contributed by atoms with Crippen LogP contribution >= 0.6 is 11.6 Å². The standard InChI is InChI=1S/C15H20ClN5O5/c1-3-25-20-12-10-8(4-19-24)5-21(13(10)18-7-17-12)14-15(2,16)11(23)9(6-22)26-14/h4-5,7,9,11,14,22-24H,3,6H2,1-2H3,(H,17,18,20)/b19-4-/t9?,11?,14-,15-/m1/s1. The number of fused-ring (bicyclic) bond motifs is 1. The highest BCUT2D eigenvalue weighted by Crippen LogP contribution is 2.45. The molecule has 26 heavy (non-hydrogen) atoms. The first-order valence-electron chi connectivity index (χ1n) is 7.99. The lowest BCUT2D eigenvalue weighted by atomic mass is 10.0. The molecule has 0 aliphatic carbocycles. The third-order valence-electron chi connectivity index (χ3n) is 4.30. The summed E-state index contributed by atoms with van der Waals surface area (Å²) in [5.74, 6) is 0.374. The Kier molecular flexibility index (Phi) is 5.30. The Morgan fingerprint density at radius 3 is 2.92 bits per heavy atom. The van der Waals surface area contributed by atoms with Gasteiger partial charge < -0.3 is 24.7 Å². The summed E-state index contributed by atoms with van der Waals surface area (Å²) in [4.78, 5) is 12.4. The van der Waals surface area contributed by atoms with Crippen LogP contribution in [0.25, 0.3) is 11.0 Å². The minimum atomic E-state index is -1.22. The van der Waals surface area contributed by atoms with Gasteiger partial charge in [0, 0.05) is 11.8 Å². The fourth-order valence-electron chi connectivity index (χ4n) is 3.03. The highest BCUT2D eigenvalue weighted by Gasteiger charge is 2.53. The molecule has 4 atom stereocenters. The zero-order valence-electron chi connectivity index (χ0n) is 14.2. The first-order chi connectivity index (χ1) is 12.5. The smallest absolute Gasteiger partial charge is 0.163 e. The minimum Gasteiger partial charge on any atom is -0.411 e. The van der Waals surface area contributed by atoms with E-state index in [0.717, 1.165) is 0 Å². The summed E-state index contributed by atoms with van der Waals surface area (Å²) >= 11 is 6.53. The predicted molar refractivity (Wildman–Crippen MR) is 93.4 cm³/mol. The van der Waals surface area contributed by atoms with Gasteiger partial charge in [-0.1, -0.05) is 5.16 Å². The molecule has 4 N–H and O–H groups in total. The molecule has 2 unspecified atom stereocenters. The van der Waals surface area contributed by atoms with Crippen LogP contribution in [0.4, 0.5) is 5.82 Å². The molecular weight excluding hydrogens is 366 g/mol. The second kappa shape index (κ2) is 7.33. The molecule has 2 aromatic heterocycles. The lowest BCUT2D eigenvalue weighted by Crippen LogP contribution is -2.39. The molecule has 1 fully saturated rings. The largest absolute Gasteiger partial charge is 0.411 e. The Balaban J connectivity index is 2.15. The first kappa shape index (κ1) is 18.8. The summed E-state index contributed by atoms with van der Waals surface area (Å²) in [5, 5.41) is 32.3. The van der Waals surface area contributed by atoms with E-state index in [1.54, 1.807) is 17.7 Å². The zero-order chi connectivity index (χ0) is 18.9. The average molecular weight is 386 g/mol. The number of nitrogens with one attached hydrogen (secondary N) is 1. The molecule has 0 radical (unpaired) electrons. The first-order valence-corrected chi connectivity index (χ1v) is 8.37. The van der Waals surface area contributed by atoms with Gasteiger partial charge in [-0.2, -0.15) is 0 Å². The van der Waals surface area contributed by atoms with Crippen molar-refractivity contribution in [1.82, 2.24) is 14.5 Å². The van der Waals surface area contributed by atoms with E-state index in [1.165, 1.54) is 12.5 Å². The number of hydrogen-bond donors (Lipinski definition) is 4. The van der Waals surface area contributed by atoms with E-state index in [1.807, 2.05) is 6.92 Å². The van der Waals surface area contributed by atoms with Crippen LogP contribution in [-0.4, -0.2) is 66.5 Å². The number of oxime groups is 1. The minimum absolute atomic E-state index is 0.374. The summed E-state index contributed by atoms with van der Waals surface area (Å²) in [5.41, 5.74) is 3.64. The summed E-state index contributed by atoms with van der Waals surface area (Å²) < 4.78 is 7.36. The maximum absolute atomic E-state index is 10.3. The molecule has 0 amide bonds. The highest BCUT2D eigenvalue weighted by molar-refractivity contribution is 6.24. The van der Waals surface area contributed by atoms with Crippen molar-refractivity contribution in [2.45, 2.75) is 37.2 Å². The fraction of sp³-hybridized carbons (Fsp3) is 0.533. The summed E-state index contributed by atoms with van der Waals surface area (Å²) in [6.45, 7) is 3.46. The van der Waals surface area contributed by atoms with Crippen molar-refractivity contribution in [3.05, 3.63) is 18.1 Å². The van der Waals surface area contributed by atoms with Crippen LogP contribution in [0.15, 0.2) is 17.7 Å². The lowest BCUT2D eigenvalue weighted by molar-refractivity contribution is -0.0439. The second-order valence-corrected chi connectivity index (χ2v) is 6.81. The van der Waals surface area contributed by atoms with Crippen LogP contribution in [0.2, 0.25) is 0 Å². The molecule has 3 rings (SSSR count). The van der Waals surface area contributed by atoms with Gasteiger partial charge in [0.15, 0.2) is 12.0 Å². The van der Waals surface area contributed by atoms with Crippen molar-refractivity contribution in [3.8, 4) is 0 Å². The molecule has 11 heteroatoms. The van der Waals surface area contributed by atoms with Gasteiger partial charge in [0.25, 0.3) is 0 Å².